The van der Waals surface area contributed by atoms with Crippen molar-refractivity contribution < 1.29 is 4.79 Å². The molecule has 2 aliphatic rings. The van der Waals surface area contributed by atoms with E-state index in [0.717, 1.165) is 50.7 Å². The van der Waals surface area contributed by atoms with E-state index < -0.39 is 0 Å². The lowest BCUT2D eigenvalue weighted by Gasteiger charge is -2.33. The number of likely N-dealkylation sites (N-methyl/N-ethyl adjacent to an activating group) is 1. The van der Waals surface area contributed by atoms with Gasteiger partial charge in [-0.2, -0.15) is 0 Å². The molecule has 1 aliphatic heterocycles. The molecule has 1 aliphatic carbocycles. The molecule has 1 aromatic rings. The van der Waals surface area contributed by atoms with E-state index in [2.05, 4.69) is 37.6 Å². The Hall–Kier alpha value is -1.41. The highest BCUT2D eigenvalue weighted by Gasteiger charge is 2.21. The van der Waals surface area contributed by atoms with Crippen molar-refractivity contribution in [3.8, 4) is 0 Å². The van der Waals surface area contributed by atoms with Gasteiger partial charge in [-0.1, -0.05) is 31.1 Å². The summed E-state index contributed by atoms with van der Waals surface area (Å²) in [5.41, 5.74) is 0. The van der Waals surface area contributed by atoms with E-state index in [4.69, 9.17) is 0 Å². The summed E-state index contributed by atoms with van der Waals surface area (Å²) in [5, 5.41) is 15.6. The predicted molar refractivity (Wildman–Crippen MR) is 88.6 cm³/mol. The van der Waals surface area contributed by atoms with Gasteiger partial charge in [0.25, 0.3) is 0 Å². The minimum absolute atomic E-state index is 0.162. The number of nitrogens with one attached hydrogen (secondary N) is 2. The Bertz CT molecular complexity index is 493. The summed E-state index contributed by atoms with van der Waals surface area (Å²) < 4.78 is 0. The Labute approximate surface area is 135 Å². The van der Waals surface area contributed by atoms with Crippen LogP contribution in [0.15, 0.2) is 0 Å². The maximum atomic E-state index is 11.9. The molecule has 0 aromatic carbocycles. The Morgan fingerprint density at radius 1 is 1.23 bits per heavy atom. The molecule has 7 nitrogen and oxygen atoms in total. The molecule has 0 spiro atoms. The molecule has 1 saturated carbocycles. The van der Waals surface area contributed by atoms with Crippen LogP contribution in [0.3, 0.4) is 0 Å². The van der Waals surface area contributed by atoms with Crippen molar-refractivity contribution in [2.45, 2.75) is 38.6 Å². The third-order valence-electron chi connectivity index (χ3n) is 4.42. The van der Waals surface area contributed by atoms with Gasteiger partial charge in [0.05, 0.1) is 0 Å². The Morgan fingerprint density at radius 3 is 2.64 bits per heavy atom. The lowest BCUT2D eigenvalue weighted by atomic mass is 10.3. The molecule has 2 fully saturated rings. The number of urea groups is 1. The van der Waals surface area contributed by atoms with Crippen molar-refractivity contribution in [1.82, 2.24) is 20.4 Å². The fourth-order valence-corrected chi connectivity index (χ4v) is 3.83. The van der Waals surface area contributed by atoms with Crippen molar-refractivity contribution in [1.29, 1.82) is 0 Å². The highest BCUT2D eigenvalue weighted by molar-refractivity contribution is 7.19. The van der Waals surface area contributed by atoms with Crippen LogP contribution in [-0.2, 0) is 0 Å². The second-order valence-corrected chi connectivity index (χ2v) is 6.85. The van der Waals surface area contributed by atoms with Gasteiger partial charge < -0.3 is 15.1 Å². The molecule has 3 rings (SSSR count). The molecular weight excluding hydrogens is 300 g/mol. The number of amides is 2. The summed E-state index contributed by atoms with van der Waals surface area (Å²) in [6.45, 7) is 7.33. The average molecular weight is 324 g/mol. The number of hydrogen-bond donors (Lipinski definition) is 2. The average Bonchev–Trinajstić information content (AvgIpc) is 3.19. The van der Waals surface area contributed by atoms with Crippen LogP contribution in [0.2, 0.25) is 0 Å². The highest BCUT2D eigenvalue weighted by Crippen LogP contribution is 2.25. The van der Waals surface area contributed by atoms with Gasteiger partial charge in [0.1, 0.15) is 0 Å². The lowest BCUT2D eigenvalue weighted by Crippen LogP contribution is -2.46. The van der Waals surface area contributed by atoms with Crippen LogP contribution in [0.4, 0.5) is 15.1 Å². The van der Waals surface area contributed by atoms with Gasteiger partial charge in [-0.15, -0.1) is 10.2 Å². The Morgan fingerprint density at radius 2 is 1.95 bits per heavy atom. The molecule has 1 saturated heterocycles. The fraction of sp³-hybridized carbons (Fsp3) is 0.786. The molecule has 0 atom stereocenters. The standard InChI is InChI=1S/C14H24N6OS/c1-2-19-7-9-20(10-8-19)14-18-17-13(22-14)16-12(21)15-11-5-3-4-6-11/h11H,2-10H2,1H3,(H2,15,16,17,21). The molecule has 8 heteroatoms. The van der Waals surface area contributed by atoms with Crippen LogP contribution in [0, 0.1) is 0 Å². The molecule has 0 radical (unpaired) electrons. The van der Waals surface area contributed by atoms with E-state index in [9.17, 15) is 4.79 Å². The monoisotopic (exact) mass is 324 g/mol. The van der Waals surface area contributed by atoms with E-state index in [1.54, 1.807) is 0 Å². The molecule has 122 valence electrons. The van der Waals surface area contributed by atoms with Crippen molar-refractivity contribution in [2.24, 2.45) is 0 Å². The number of piperazine rings is 1. The third kappa shape index (κ3) is 3.86. The number of aromatic nitrogens is 2. The van der Waals surface area contributed by atoms with Gasteiger partial charge in [-0.3, -0.25) is 5.32 Å². The second kappa shape index (κ2) is 7.23. The van der Waals surface area contributed by atoms with Crippen LogP contribution in [0.5, 0.6) is 0 Å². The van der Waals surface area contributed by atoms with E-state index in [1.807, 2.05) is 0 Å². The number of anilines is 2. The third-order valence-corrected chi connectivity index (χ3v) is 5.31. The number of carbonyl (C=O) groups excluding carboxylic acids is 1. The van der Waals surface area contributed by atoms with Crippen LogP contribution in [0.1, 0.15) is 32.6 Å². The topological polar surface area (TPSA) is 73.4 Å². The van der Waals surface area contributed by atoms with Gasteiger partial charge in [-0.25, -0.2) is 4.79 Å². The van der Waals surface area contributed by atoms with Gasteiger partial charge in [-0.05, 0) is 19.4 Å². The zero-order chi connectivity index (χ0) is 15.4. The van der Waals surface area contributed by atoms with E-state index in [1.165, 1.54) is 24.2 Å². The van der Waals surface area contributed by atoms with Crippen LogP contribution < -0.4 is 15.5 Å². The zero-order valence-electron chi connectivity index (χ0n) is 13.0. The summed E-state index contributed by atoms with van der Waals surface area (Å²) in [5.74, 6) is 0. The molecule has 2 heterocycles. The maximum absolute atomic E-state index is 11.9. The van der Waals surface area contributed by atoms with Gasteiger partial charge in [0, 0.05) is 32.2 Å². The van der Waals surface area contributed by atoms with Gasteiger partial charge in [0.2, 0.25) is 10.3 Å². The number of nitrogens with zero attached hydrogens (tertiary/aromatic N) is 4. The van der Waals surface area contributed by atoms with Crippen molar-refractivity contribution in [3.05, 3.63) is 0 Å². The fourth-order valence-electron chi connectivity index (χ4n) is 3.04. The van der Waals surface area contributed by atoms with Crippen molar-refractivity contribution in [3.63, 3.8) is 0 Å². The van der Waals surface area contributed by atoms with Crippen LogP contribution >= 0.6 is 11.3 Å². The Balaban J connectivity index is 1.49. The minimum Gasteiger partial charge on any atom is -0.344 e. The van der Waals surface area contributed by atoms with Gasteiger partial charge >= 0.3 is 6.03 Å². The predicted octanol–water partition coefficient (Wildman–Crippen LogP) is 1.74. The van der Waals surface area contributed by atoms with Crippen molar-refractivity contribution in [2.75, 3.05) is 42.9 Å². The smallest absolute Gasteiger partial charge is 0.321 e. The highest BCUT2D eigenvalue weighted by atomic mass is 32.1. The normalized spacial score (nSPS) is 20.3. The minimum atomic E-state index is -0.162. The molecule has 0 unspecified atom stereocenters. The number of rotatable bonds is 4. The summed E-state index contributed by atoms with van der Waals surface area (Å²) in [6, 6.07) is 0.153. The molecule has 22 heavy (non-hydrogen) atoms. The van der Waals surface area contributed by atoms with Gasteiger partial charge in [0.15, 0.2) is 0 Å². The van der Waals surface area contributed by atoms with E-state index in [-0.39, 0.29) is 6.03 Å². The summed E-state index contributed by atoms with van der Waals surface area (Å²) in [4.78, 5) is 16.6. The quantitative estimate of drug-likeness (QED) is 0.882. The first-order valence-electron chi connectivity index (χ1n) is 8.13. The largest absolute Gasteiger partial charge is 0.344 e. The van der Waals surface area contributed by atoms with Crippen molar-refractivity contribution >= 4 is 27.6 Å². The first-order valence-corrected chi connectivity index (χ1v) is 8.94. The Kier molecular flexibility index (Phi) is 5.09. The summed E-state index contributed by atoms with van der Waals surface area (Å²) >= 11 is 1.45. The maximum Gasteiger partial charge on any atom is 0.321 e. The summed E-state index contributed by atoms with van der Waals surface area (Å²) in [7, 11) is 0. The number of carbonyl (C=O) groups is 1. The zero-order valence-corrected chi connectivity index (χ0v) is 13.9. The van der Waals surface area contributed by atoms with E-state index >= 15 is 0 Å². The first kappa shape index (κ1) is 15.5. The molecule has 2 amide bonds. The number of hydrogen-bond acceptors (Lipinski definition) is 6. The molecular formula is C14H24N6OS. The van der Waals surface area contributed by atoms with Crippen LogP contribution in [-0.4, -0.2) is 59.9 Å². The second-order valence-electron chi connectivity index (χ2n) is 5.89. The molecule has 2 N–H and O–H groups in total. The first-order chi connectivity index (χ1) is 10.7. The molecule has 0 bridgehead atoms. The van der Waals surface area contributed by atoms with Crippen LogP contribution in [0.25, 0.3) is 0 Å². The molecule has 1 aromatic heterocycles. The SMILES string of the molecule is CCN1CCN(c2nnc(NC(=O)NC3CCCC3)s2)CC1. The summed E-state index contributed by atoms with van der Waals surface area (Å²) in [6.07, 6.45) is 4.57. The van der Waals surface area contributed by atoms with E-state index in [0.29, 0.717) is 11.2 Å². The lowest BCUT2D eigenvalue weighted by molar-refractivity contribution is 0.248.